The van der Waals surface area contributed by atoms with Crippen LogP contribution in [0.4, 0.5) is 5.82 Å². The van der Waals surface area contributed by atoms with Crippen molar-refractivity contribution in [3.8, 4) is 11.5 Å². The SMILES string of the molecule is COc1ccc([C@H]2C3=C(CC(C)(C)CC3=O)N=C(C)C2C(=O)Nc2ccc(Br)cn2)c(OC)c1. The number of Topliss-reactive ketones (excluding diaryl/α,β-unsaturated/α-hetero) is 1. The Labute approximate surface area is 207 Å². The second kappa shape index (κ2) is 9.33. The first-order valence-electron chi connectivity index (χ1n) is 11.1. The van der Waals surface area contributed by atoms with Crippen molar-refractivity contribution in [3.63, 3.8) is 0 Å². The lowest BCUT2D eigenvalue weighted by Crippen LogP contribution is -2.41. The summed E-state index contributed by atoms with van der Waals surface area (Å²) in [5.41, 5.74) is 2.57. The Morgan fingerprint density at radius 2 is 1.91 bits per heavy atom. The Bertz CT molecular complexity index is 1200. The van der Waals surface area contributed by atoms with Crippen LogP contribution in [0.3, 0.4) is 0 Å². The minimum atomic E-state index is -0.698. The average molecular weight is 526 g/mol. The fourth-order valence-electron chi connectivity index (χ4n) is 4.85. The summed E-state index contributed by atoms with van der Waals surface area (Å²) in [6, 6.07) is 9.00. The number of methoxy groups -OCH3 is 2. The molecule has 2 aliphatic rings. The van der Waals surface area contributed by atoms with Gasteiger partial charge in [0.05, 0.1) is 20.1 Å². The Balaban J connectivity index is 1.84. The number of ether oxygens (including phenoxy) is 2. The van der Waals surface area contributed by atoms with Gasteiger partial charge in [0.15, 0.2) is 5.78 Å². The predicted octanol–water partition coefficient (Wildman–Crippen LogP) is 5.32. The number of benzene rings is 1. The molecule has 2 atom stereocenters. The van der Waals surface area contributed by atoms with Crippen molar-refractivity contribution >= 4 is 39.1 Å². The van der Waals surface area contributed by atoms with Gasteiger partial charge in [-0.05, 0) is 52.9 Å². The summed E-state index contributed by atoms with van der Waals surface area (Å²) in [5.74, 6) is 0.129. The van der Waals surface area contributed by atoms with Crippen LogP contribution in [0.15, 0.2) is 57.3 Å². The number of nitrogens with one attached hydrogen (secondary N) is 1. The monoisotopic (exact) mass is 525 g/mol. The van der Waals surface area contributed by atoms with E-state index in [1.165, 1.54) is 0 Å². The molecule has 0 fully saturated rings. The van der Waals surface area contributed by atoms with E-state index in [-0.39, 0.29) is 17.1 Å². The lowest BCUT2D eigenvalue weighted by molar-refractivity contribution is -0.119. The van der Waals surface area contributed by atoms with Gasteiger partial charge in [-0.2, -0.15) is 0 Å². The number of carbonyl (C=O) groups is 2. The molecular weight excluding hydrogens is 498 g/mol. The summed E-state index contributed by atoms with van der Waals surface area (Å²) >= 11 is 3.36. The number of carbonyl (C=O) groups excluding carboxylic acids is 2. The second-order valence-corrected chi connectivity index (χ2v) is 10.4. The van der Waals surface area contributed by atoms with E-state index in [1.807, 2.05) is 25.1 Å². The van der Waals surface area contributed by atoms with Crippen molar-refractivity contribution < 1.29 is 19.1 Å². The van der Waals surface area contributed by atoms with Crippen LogP contribution in [0.1, 0.15) is 45.1 Å². The molecule has 8 heteroatoms. The Morgan fingerprint density at radius 3 is 2.56 bits per heavy atom. The highest BCUT2D eigenvalue weighted by atomic mass is 79.9. The molecule has 4 rings (SSSR count). The van der Waals surface area contributed by atoms with Crippen LogP contribution in [0.25, 0.3) is 0 Å². The standard InChI is InChI=1S/C26H28BrN3O4/c1-14-22(25(32)30-21-9-6-15(27)13-28-21)23(17-8-7-16(33-4)10-20(17)34-5)24-18(29-14)11-26(2,3)12-19(24)31/h6-10,13,22-23H,11-12H2,1-5H3,(H,28,30,32)/t22?,23-/m1/s1. The van der Waals surface area contributed by atoms with Gasteiger partial charge in [0, 0.05) is 51.6 Å². The van der Waals surface area contributed by atoms with Gasteiger partial charge in [0.1, 0.15) is 17.3 Å². The number of hydrogen-bond acceptors (Lipinski definition) is 6. The first-order valence-corrected chi connectivity index (χ1v) is 11.9. The number of nitrogens with zero attached hydrogens (tertiary/aromatic N) is 2. The second-order valence-electron chi connectivity index (χ2n) is 9.47. The van der Waals surface area contributed by atoms with Gasteiger partial charge in [-0.3, -0.25) is 14.6 Å². The molecule has 1 N–H and O–H groups in total. The molecule has 34 heavy (non-hydrogen) atoms. The van der Waals surface area contributed by atoms with Crippen molar-refractivity contribution in [3.05, 3.63) is 57.8 Å². The molecule has 1 aliphatic heterocycles. The zero-order valence-electron chi connectivity index (χ0n) is 19.9. The van der Waals surface area contributed by atoms with Crippen LogP contribution >= 0.6 is 15.9 Å². The van der Waals surface area contributed by atoms with E-state index in [1.54, 1.807) is 32.5 Å². The maximum atomic E-state index is 13.6. The Morgan fingerprint density at radius 1 is 1.15 bits per heavy atom. The molecule has 0 radical (unpaired) electrons. The maximum absolute atomic E-state index is 13.6. The normalized spacial score (nSPS) is 21.5. The largest absolute Gasteiger partial charge is 0.497 e. The van der Waals surface area contributed by atoms with Crippen LogP contribution < -0.4 is 14.8 Å². The third kappa shape index (κ3) is 4.64. The topological polar surface area (TPSA) is 89.9 Å². The fraction of sp³-hybridized carbons (Fsp3) is 0.385. The molecule has 1 aromatic heterocycles. The highest BCUT2D eigenvalue weighted by Gasteiger charge is 2.46. The van der Waals surface area contributed by atoms with Crippen molar-refractivity contribution in [1.29, 1.82) is 0 Å². The Hall–Kier alpha value is -3.00. The number of anilines is 1. The smallest absolute Gasteiger partial charge is 0.235 e. The maximum Gasteiger partial charge on any atom is 0.235 e. The van der Waals surface area contributed by atoms with Gasteiger partial charge in [-0.25, -0.2) is 4.98 Å². The van der Waals surface area contributed by atoms with E-state index in [0.717, 1.165) is 15.7 Å². The molecule has 0 saturated carbocycles. The summed E-state index contributed by atoms with van der Waals surface area (Å²) in [4.78, 5) is 36.2. The molecule has 7 nitrogen and oxygen atoms in total. The number of pyridine rings is 1. The summed E-state index contributed by atoms with van der Waals surface area (Å²) < 4.78 is 11.9. The number of ketones is 1. The quantitative estimate of drug-likeness (QED) is 0.570. The summed E-state index contributed by atoms with van der Waals surface area (Å²) in [6.45, 7) is 5.99. The number of amides is 1. The van der Waals surface area contributed by atoms with Crippen LogP contribution in [0.2, 0.25) is 0 Å². The fourth-order valence-corrected chi connectivity index (χ4v) is 5.08. The molecule has 0 saturated heterocycles. The van der Waals surface area contributed by atoms with Gasteiger partial charge in [-0.1, -0.05) is 19.9 Å². The van der Waals surface area contributed by atoms with E-state index in [9.17, 15) is 9.59 Å². The highest BCUT2D eigenvalue weighted by Crippen LogP contribution is 2.49. The molecule has 0 bridgehead atoms. The highest BCUT2D eigenvalue weighted by molar-refractivity contribution is 9.10. The third-order valence-electron chi connectivity index (χ3n) is 6.34. The molecule has 178 valence electrons. The number of rotatable bonds is 5. The predicted molar refractivity (Wildman–Crippen MR) is 135 cm³/mol. The summed E-state index contributed by atoms with van der Waals surface area (Å²) in [6.07, 6.45) is 2.69. The van der Waals surface area contributed by atoms with E-state index >= 15 is 0 Å². The molecule has 1 aliphatic carbocycles. The number of allylic oxidation sites excluding steroid dienone is 2. The minimum Gasteiger partial charge on any atom is -0.497 e. The first-order chi connectivity index (χ1) is 16.1. The number of aromatic nitrogens is 1. The zero-order valence-corrected chi connectivity index (χ0v) is 21.5. The molecule has 1 amide bonds. The number of halogens is 1. The molecule has 0 spiro atoms. The van der Waals surface area contributed by atoms with E-state index in [0.29, 0.717) is 41.4 Å². The third-order valence-corrected chi connectivity index (χ3v) is 6.81. The van der Waals surface area contributed by atoms with Crippen molar-refractivity contribution in [2.24, 2.45) is 16.3 Å². The van der Waals surface area contributed by atoms with Crippen molar-refractivity contribution in [2.75, 3.05) is 19.5 Å². The van der Waals surface area contributed by atoms with Crippen molar-refractivity contribution in [1.82, 2.24) is 4.98 Å². The lowest BCUT2D eigenvalue weighted by atomic mass is 9.66. The van der Waals surface area contributed by atoms with Crippen molar-refractivity contribution in [2.45, 2.75) is 39.5 Å². The van der Waals surface area contributed by atoms with Crippen LogP contribution in [0, 0.1) is 11.3 Å². The van der Waals surface area contributed by atoms with Crippen LogP contribution in [-0.2, 0) is 9.59 Å². The summed E-state index contributed by atoms with van der Waals surface area (Å²) in [7, 11) is 3.16. The van der Waals surface area contributed by atoms with Gasteiger partial charge < -0.3 is 14.8 Å². The van der Waals surface area contributed by atoms with E-state index in [2.05, 4.69) is 40.1 Å². The summed E-state index contributed by atoms with van der Waals surface area (Å²) in [5, 5.41) is 2.90. The molecule has 1 unspecified atom stereocenters. The van der Waals surface area contributed by atoms with Crippen LogP contribution in [-0.4, -0.2) is 36.6 Å². The number of aliphatic imine (C=N–C) groups is 1. The first kappa shape index (κ1) is 24.1. The zero-order chi connectivity index (χ0) is 24.6. The van der Waals surface area contributed by atoms with Gasteiger partial charge in [0.2, 0.25) is 5.91 Å². The number of hydrogen-bond donors (Lipinski definition) is 1. The lowest BCUT2D eigenvalue weighted by Gasteiger charge is -2.39. The molecule has 1 aromatic carbocycles. The van der Waals surface area contributed by atoms with E-state index in [4.69, 9.17) is 14.5 Å². The van der Waals surface area contributed by atoms with Gasteiger partial charge in [0.25, 0.3) is 0 Å². The van der Waals surface area contributed by atoms with Gasteiger partial charge >= 0.3 is 0 Å². The molecular formula is C26H28BrN3O4. The average Bonchev–Trinajstić information content (AvgIpc) is 2.78. The van der Waals surface area contributed by atoms with E-state index < -0.39 is 11.8 Å². The molecule has 2 aromatic rings. The molecule has 2 heterocycles. The Kier molecular flexibility index (Phi) is 6.62. The van der Waals surface area contributed by atoms with Gasteiger partial charge in [-0.15, -0.1) is 0 Å². The van der Waals surface area contributed by atoms with Crippen LogP contribution in [0.5, 0.6) is 11.5 Å². The minimum absolute atomic E-state index is 0.0185.